The molecule has 0 aromatic heterocycles. The molecule has 0 saturated carbocycles. The molecule has 0 fully saturated rings. The number of hydrogen-bond acceptors (Lipinski definition) is 3. The van der Waals surface area contributed by atoms with Gasteiger partial charge in [0.2, 0.25) is 0 Å². The van der Waals surface area contributed by atoms with E-state index in [1.807, 2.05) is 30.3 Å². The molecule has 4 heteroatoms. The fourth-order valence-corrected chi connectivity index (χ4v) is 1.82. The Balaban J connectivity index is 2.07. The van der Waals surface area contributed by atoms with Crippen molar-refractivity contribution in [2.45, 2.75) is 12.5 Å². The monoisotopic (exact) mass is 272 g/mol. The maximum Gasteiger partial charge on any atom is 0.345 e. The van der Waals surface area contributed by atoms with Crippen molar-refractivity contribution in [2.75, 3.05) is 7.11 Å². The third-order valence-electron chi connectivity index (χ3n) is 2.88. The third kappa shape index (κ3) is 3.75. The highest BCUT2D eigenvalue weighted by Crippen LogP contribution is 2.16. The van der Waals surface area contributed by atoms with Gasteiger partial charge in [-0.05, 0) is 29.8 Å². The Morgan fingerprint density at radius 3 is 2.25 bits per heavy atom. The van der Waals surface area contributed by atoms with Gasteiger partial charge in [-0.2, -0.15) is 0 Å². The van der Waals surface area contributed by atoms with Crippen molar-refractivity contribution < 1.29 is 19.4 Å². The first-order chi connectivity index (χ1) is 9.69. The van der Waals surface area contributed by atoms with Gasteiger partial charge in [0.05, 0.1) is 7.11 Å². The van der Waals surface area contributed by atoms with Crippen molar-refractivity contribution >= 4 is 5.97 Å². The normalized spacial score (nSPS) is 11.7. The van der Waals surface area contributed by atoms with Gasteiger partial charge in [0.25, 0.3) is 0 Å². The average molecular weight is 272 g/mol. The van der Waals surface area contributed by atoms with Gasteiger partial charge in [-0.3, -0.25) is 0 Å². The molecule has 0 heterocycles. The Bertz CT molecular complexity index is 548. The van der Waals surface area contributed by atoms with Crippen LogP contribution in [0.5, 0.6) is 11.5 Å². The van der Waals surface area contributed by atoms with Gasteiger partial charge in [0, 0.05) is 6.42 Å². The molecule has 2 rings (SSSR count). The summed E-state index contributed by atoms with van der Waals surface area (Å²) in [6.07, 6.45) is -0.611. The van der Waals surface area contributed by atoms with E-state index in [4.69, 9.17) is 9.47 Å². The summed E-state index contributed by atoms with van der Waals surface area (Å²) in [4.78, 5) is 11.3. The van der Waals surface area contributed by atoms with Gasteiger partial charge in [-0.15, -0.1) is 0 Å². The van der Waals surface area contributed by atoms with Crippen LogP contribution in [-0.4, -0.2) is 24.3 Å². The second-order valence-electron chi connectivity index (χ2n) is 4.31. The van der Waals surface area contributed by atoms with E-state index in [0.29, 0.717) is 12.2 Å². The summed E-state index contributed by atoms with van der Waals surface area (Å²) < 4.78 is 10.6. The predicted molar refractivity (Wildman–Crippen MR) is 75.2 cm³/mol. The Labute approximate surface area is 117 Å². The number of benzene rings is 2. The number of hydrogen-bond donors (Lipinski definition) is 1. The number of carboxylic acids is 1. The highest BCUT2D eigenvalue weighted by Gasteiger charge is 2.20. The van der Waals surface area contributed by atoms with Crippen molar-refractivity contribution in [3.8, 4) is 11.5 Å². The van der Waals surface area contributed by atoms with Crippen molar-refractivity contribution in [2.24, 2.45) is 0 Å². The zero-order chi connectivity index (χ0) is 14.4. The minimum atomic E-state index is -0.982. The largest absolute Gasteiger partial charge is 0.497 e. The number of carbonyl (C=O) groups is 1. The van der Waals surface area contributed by atoms with Crippen LogP contribution in [0.2, 0.25) is 0 Å². The number of ether oxygens (including phenoxy) is 2. The Morgan fingerprint density at radius 2 is 1.70 bits per heavy atom. The van der Waals surface area contributed by atoms with Crippen LogP contribution in [0.1, 0.15) is 5.56 Å². The number of methoxy groups -OCH3 is 1. The molecule has 0 aliphatic rings. The number of aliphatic carboxylic acids is 1. The zero-order valence-electron chi connectivity index (χ0n) is 11.2. The van der Waals surface area contributed by atoms with E-state index in [1.165, 1.54) is 0 Å². The molecule has 1 atom stereocenters. The molecule has 104 valence electrons. The van der Waals surface area contributed by atoms with E-state index in [-0.39, 0.29) is 0 Å². The summed E-state index contributed by atoms with van der Waals surface area (Å²) in [7, 11) is 1.59. The quantitative estimate of drug-likeness (QED) is 0.878. The maximum atomic E-state index is 11.3. The van der Waals surface area contributed by atoms with E-state index in [9.17, 15) is 9.90 Å². The van der Waals surface area contributed by atoms with Crippen molar-refractivity contribution in [3.05, 3.63) is 60.2 Å². The summed E-state index contributed by atoms with van der Waals surface area (Å²) in [5.41, 5.74) is 0.883. The van der Waals surface area contributed by atoms with E-state index < -0.39 is 12.1 Å². The van der Waals surface area contributed by atoms with Gasteiger partial charge >= 0.3 is 5.97 Å². The minimum absolute atomic E-state index is 0.300. The lowest BCUT2D eigenvalue weighted by atomic mass is 10.1. The molecule has 20 heavy (non-hydrogen) atoms. The summed E-state index contributed by atoms with van der Waals surface area (Å²) >= 11 is 0. The van der Waals surface area contributed by atoms with E-state index in [2.05, 4.69) is 0 Å². The number of para-hydroxylation sites is 1. The second kappa shape index (κ2) is 6.61. The van der Waals surface area contributed by atoms with Gasteiger partial charge < -0.3 is 14.6 Å². The van der Waals surface area contributed by atoms with E-state index >= 15 is 0 Å². The zero-order valence-corrected chi connectivity index (χ0v) is 11.2. The highest BCUT2D eigenvalue weighted by molar-refractivity contribution is 5.73. The molecule has 4 nitrogen and oxygen atoms in total. The lowest BCUT2D eigenvalue weighted by Crippen LogP contribution is -2.29. The first kappa shape index (κ1) is 13.9. The highest BCUT2D eigenvalue weighted by atomic mass is 16.5. The summed E-state index contributed by atoms with van der Waals surface area (Å²) in [6, 6.07) is 16.2. The van der Waals surface area contributed by atoms with Crippen LogP contribution in [0.25, 0.3) is 0 Å². The molecule has 0 spiro atoms. The summed E-state index contributed by atoms with van der Waals surface area (Å²) in [5, 5.41) is 9.25. The smallest absolute Gasteiger partial charge is 0.345 e. The standard InChI is InChI=1S/C16H16O4/c1-19-13-9-7-12(8-10-13)11-15(16(17)18)20-14-5-3-2-4-6-14/h2-10,15H,11H2,1H3,(H,17,18). The van der Waals surface area contributed by atoms with Gasteiger partial charge in [-0.1, -0.05) is 30.3 Å². The molecule has 0 aliphatic carbocycles. The fraction of sp³-hybridized carbons (Fsp3) is 0.188. The van der Waals surface area contributed by atoms with Crippen molar-refractivity contribution in [3.63, 3.8) is 0 Å². The summed E-state index contributed by atoms with van der Waals surface area (Å²) in [6.45, 7) is 0. The molecule has 0 radical (unpaired) electrons. The Kier molecular flexibility index (Phi) is 4.60. The molecule has 0 amide bonds. The predicted octanol–water partition coefficient (Wildman–Crippen LogP) is 2.77. The van der Waals surface area contributed by atoms with Crippen LogP contribution in [0.4, 0.5) is 0 Å². The molecule has 2 aromatic rings. The van der Waals surface area contributed by atoms with Gasteiger partial charge in [0.1, 0.15) is 11.5 Å². The lowest BCUT2D eigenvalue weighted by Gasteiger charge is -2.15. The Morgan fingerprint density at radius 1 is 1.05 bits per heavy atom. The SMILES string of the molecule is COc1ccc(CC(Oc2ccccc2)C(=O)O)cc1. The number of rotatable bonds is 6. The first-order valence-corrected chi connectivity index (χ1v) is 6.26. The Hall–Kier alpha value is -2.49. The molecule has 0 saturated heterocycles. The fourth-order valence-electron chi connectivity index (χ4n) is 1.82. The van der Waals surface area contributed by atoms with Crippen molar-refractivity contribution in [1.82, 2.24) is 0 Å². The third-order valence-corrected chi connectivity index (χ3v) is 2.88. The van der Waals surface area contributed by atoms with Crippen LogP contribution in [0.15, 0.2) is 54.6 Å². The molecule has 0 aliphatic heterocycles. The van der Waals surface area contributed by atoms with Crippen LogP contribution in [-0.2, 0) is 11.2 Å². The van der Waals surface area contributed by atoms with E-state index in [0.717, 1.165) is 11.3 Å². The molecular formula is C16H16O4. The van der Waals surface area contributed by atoms with Crippen LogP contribution >= 0.6 is 0 Å². The molecule has 1 unspecified atom stereocenters. The topological polar surface area (TPSA) is 55.8 Å². The maximum absolute atomic E-state index is 11.3. The minimum Gasteiger partial charge on any atom is -0.497 e. The van der Waals surface area contributed by atoms with Gasteiger partial charge in [-0.25, -0.2) is 4.79 Å². The molecule has 2 aromatic carbocycles. The van der Waals surface area contributed by atoms with E-state index in [1.54, 1.807) is 31.4 Å². The van der Waals surface area contributed by atoms with Crippen LogP contribution in [0, 0.1) is 0 Å². The molecular weight excluding hydrogens is 256 g/mol. The molecule has 1 N–H and O–H groups in total. The molecule has 0 bridgehead atoms. The average Bonchev–Trinajstić information content (AvgIpc) is 2.48. The summed E-state index contributed by atoms with van der Waals surface area (Å²) in [5.74, 6) is 0.308. The van der Waals surface area contributed by atoms with Crippen LogP contribution < -0.4 is 9.47 Å². The number of carboxylic acid groups (broad SMARTS) is 1. The van der Waals surface area contributed by atoms with Crippen LogP contribution in [0.3, 0.4) is 0 Å². The second-order valence-corrected chi connectivity index (χ2v) is 4.31. The van der Waals surface area contributed by atoms with Crippen molar-refractivity contribution in [1.29, 1.82) is 0 Å². The first-order valence-electron chi connectivity index (χ1n) is 6.26. The van der Waals surface area contributed by atoms with Gasteiger partial charge in [0.15, 0.2) is 6.10 Å². The lowest BCUT2D eigenvalue weighted by molar-refractivity contribution is -0.145.